The number of carbonyl (C=O) groups excluding carboxylic acids is 1. The Bertz CT molecular complexity index is 408. The molecule has 0 bridgehead atoms. The molecule has 0 atom stereocenters. The van der Waals surface area contributed by atoms with E-state index >= 15 is 0 Å². The zero-order valence-corrected chi connectivity index (χ0v) is 10.9. The predicted molar refractivity (Wildman–Crippen MR) is 68.5 cm³/mol. The van der Waals surface area contributed by atoms with Gasteiger partial charge in [0.1, 0.15) is 6.61 Å². The molecule has 0 radical (unpaired) electrons. The fourth-order valence-electron chi connectivity index (χ4n) is 2.29. The minimum Gasteiger partial charge on any atom is -0.373 e. The molecule has 1 fully saturated rings. The van der Waals surface area contributed by atoms with Crippen LogP contribution in [0.5, 0.6) is 0 Å². The fourth-order valence-corrected chi connectivity index (χ4v) is 2.29. The van der Waals surface area contributed by atoms with Crippen LogP contribution >= 0.6 is 0 Å². The molecule has 0 heterocycles. The van der Waals surface area contributed by atoms with E-state index in [2.05, 4.69) is 19.1 Å². The van der Waals surface area contributed by atoms with Crippen LogP contribution < -0.4 is 0 Å². The van der Waals surface area contributed by atoms with Crippen LogP contribution in [0.25, 0.3) is 0 Å². The lowest BCUT2D eigenvalue weighted by Gasteiger charge is -2.10. The summed E-state index contributed by atoms with van der Waals surface area (Å²) in [5, 5.41) is 0. The summed E-state index contributed by atoms with van der Waals surface area (Å²) in [6.07, 6.45) is 2.52. The second-order valence-corrected chi connectivity index (χ2v) is 5.16. The van der Waals surface area contributed by atoms with E-state index in [0.717, 1.165) is 23.3 Å². The largest absolute Gasteiger partial charge is 0.373 e. The van der Waals surface area contributed by atoms with Gasteiger partial charge in [-0.15, -0.1) is 0 Å². The highest BCUT2D eigenvalue weighted by Crippen LogP contribution is 2.28. The Labute approximate surface area is 103 Å². The number of rotatable bonds is 5. The van der Waals surface area contributed by atoms with Gasteiger partial charge in [-0.2, -0.15) is 0 Å². The maximum absolute atomic E-state index is 12.1. The van der Waals surface area contributed by atoms with E-state index in [4.69, 9.17) is 4.74 Å². The number of carbonyl (C=O) groups is 1. The van der Waals surface area contributed by atoms with E-state index in [0.29, 0.717) is 5.92 Å². The average Bonchev–Trinajstić information content (AvgIpc) is 2.99. The second kappa shape index (κ2) is 5.01. The summed E-state index contributed by atoms with van der Waals surface area (Å²) in [4.78, 5) is 12.1. The van der Waals surface area contributed by atoms with E-state index in [-0.39, 0.29) is 12.4 Å². The van der Waals surface area contributed by atoms with Gasteiger partial charge in [0.05, 0.1) is 6.61 Å². The van der Waals surface area contributed by atoms with E-state index in [1.807, 2.05) is 13.8 Å². The van der Waals surface area contributed by atoms with Crippen molar-refractivity contribution in [2.45, 2.75) is 33.6 Å². The lowest BCUT2D eigenvalue weighted by molar-refractivity contribution is 0.0738. The maximum atomic E-state index is 12.1. The van der Waals surface area contributed by atoms with Crippen LogP contribution in [0.3, 0.4) is 0 Å². The van der Waals surface area contributed by atoms with Crippen LogP contribution in [0.1, 0.15) is 39.9 Å². The normalized spacial score (nSPS) is 15.0. The molecule has 0 aromatic heterocycles. The molecule has 0 aliphatic heterocycles. The quantitative estimate of drug-likeness (QED) is 0.729. The van der Waals surface area contributed by atoms with Crippen molar-refractivity contribution in [3.8, 4) is 0 Å². The van der Waals surface area contributed by atoms with Gasteiger partial charge in [-0.25, -0.2) is 0 Å². The van der Waals surface area contributed by atoms with Crippen molar-refractivity contribution in [2.75, 3.05) is 13.2 Å². The summed E-state index contributed by atoms with van der Waals surface area (Å²) in [5.41, 5.74) is 4.16. The molecule has 2 rings (SSSR count). The van der Waals surface area contributed by atoms with Crippen LogP contribution in [0.4, 0.5) is 0 Å². The third kappa shape index (κ3) is 3.16. The molecule has 1 aromatic carbocycles. The van der Waals surface area contributed by atoms with E-state index in [1.165, 1.54) is 18.4 Å². The van der Waals surface area contributed by atoms with Crippen LogP contribution in [-0.4, -0.2) is 19.0 Å². The molecule has 2 heteroatoms. The first-order valence-corrected chi connectivity index (χ1v) is 6.26. The van der Waals surface area contributed by atoms with E-state index in [9.17, 15) is 4.79 Å². The van der Waals surface area contributed by atoms with Gasteiger partial charge in [0.25, 0.3) is 0 Å². The Morgan fingerprint density at radius 1 is 1.24 bits per heavy atom. The van der Waals surface area contributed by atoms with Crippen LogP contribution in [-0.2, 0) is 4.74 Å². The monoisotopic (exact) mass is 232 g/mol. The molecule has 1 saturated carbocycles. The summed E-state index contributed by atoms with van der Waals surface area (Å²) in [6.45, 7) is 7.01. The van der Waals surface area contributed by atoms with Gasteiger partial charge < -0.3 is 4.74 Å². The minimum atomic E-state index is 0.112. The zero-order valence-electron chi connectivity index (χ0n) is 10.9. The van der Waals surface area contributed by atoms with Crippen LogP contribution in [0.15, 0.2) is 12.1 Å². The number of hydrogen-bond donors (Lipinski definition) is 0. The second-order valence-electron chi connectivity index (χ2n) is 5.16. The molecule has 2 nitrogen and oxygen atoms in total. The lowest BCUT2D eigenvalue weighted by Crippen LogP contribution is -2.13. The van der Waals surface area contributed by atoms with Crippen molar-refractivity contribution in [3.05, 3.63) is 34.4 Å². The number of ketones is 1. The summed E-state index contributed by atoms with van der Waals surface area (Å²) >= 11 is 0. The summed E-state index contributed by atoms with van der Waals surface area (Å²) in [5.74, 6) is 0.823. The summed E-state index contributed by atoms with van der Waals surface area (Å²) in [7, 11) is 0. The molecule has 1 aromatic rings. The van der Waals surface area contributed by atoms with Gasteiger partial charge in [-0.3, -0.25) is 4.79 Å². The van der Waals surface area contributed by atoms with Crippen molar-refractivity contribution >= 4 is 5.78 Å². The van der Waals surface area contributed by atoms with Crippen molar-refractivity contribution in [1.82, 2.24) is 0 Å². The van der Waals surface area contributed by atoms with E-state index in [1.54, 1.807) is 0 Å². The van der Waals surface area contributed by atoms with Crippen molar-refractivity contribution in [2.24, 2.45) is 5.92 Å². The summed E-state index contributed by atoms with van der Waals surface area (Å²) in [6, 6.07) is 4.11. The number of ether oxygens (including phenoxy) is 1. The first-order chi connectivity index (χ1) is 8.08. The highest BCUT2D eigenvalue weighted by molar-refractivity contribution is 5.99. The fraction of sp³-hybridized carbons (Fsp3) is 0.533. The summed E-state index contributed by atoms with van der Waals surface area (Å²) < 4.78 is 5.46. The molecule has 1 aliphatic carbocycles. The molecule has 0 N–H and O–H groups in total. The third-order valence-electron chi connectivity index (χ3n) is 3.24. The Hall–Kier alpha value is -1.15. The minimum absolute atomic E-state index is 0.112. The van der Waals surface area contributed by atoms with Crippen molar-refractivity contribution < 1.29 is 9.53 Å². The number of aryl methyl sites for hydroxylation is 3. The Kier molecular flexibility index (Phi) is 3.63. The molecule has 17 heavy (non-hydrogen) atoms. The van der Waals surface area contributed by atoms with Gasteiger partial charge in [-0.05, 0) is 50.7 Å². The lowest BCUT2D eigenvalue weighted by atomic mass is 9.97. The highest BCUT2D eigenvalue weighted by Gasteiger charge is 2.22. The van der Waals surface area contributed by atoms with Crippen LogP contribution in [0, 0.1) is 26.7 Å². The molecule has 0 amide bonds. The number of benzene rings is 1. The topological polar surface area (TPSA) is 26.3 Å². The molecule has 1 aliphatic rings. The zero-order chi connectivity index (χ0) is 12.4. The Balaban J connectivity index is 2.01. The van der Waals surface area contributed by atoms with Gasteiger partial charge in [-0.1, -0.05) is 17.7 Å². The maximum Gasteiger partial charge on any atom is 0.188 e. The Morgan fingerprint density at radius 3 is 2.35 bits per heavy atom. The third-order valence-corrected chi connectivity index (χ3v) is 3.24. The molecular formula is C15H20O2. The van der Waals surface area contributed by atoms with Crippen molar-refractivity contribution in [3.63, 3.8) is 0 Å². The predicted octanol–water partition coefficient (Wildman–Crippen LogP) is 3.22. The van der Waals surface area contributed by atoms with Crippen molar-refractivity contribution in [1.29, 1.82) is 0 Å². The van der Waals surface area contributed by atoms with Gasteiger partial charge in [0.2, 0.25) is 0 Å². The SMILES string of the molecule is Cc1cc(C)c(C(=O)COCC2CC2)c(C)c1. The molecule has 0 unspecified atom stereocenters. The number of Topliss-reactive ketones (excluding diaryl/α,β-unsaturated/α-hetero) is 1. The standard InChI is InChI=1S/C15H20O2/c1-10-6-11(2)15(12(3)7-10)14(16)9-17-8-13-4-5-13/h6-7,13H,4-5,8-9H2,1-3H3. The Morgan fingerprint density at radius 2 is 1.82 bits per heavy atom. The van der Waals surface area contributed by atoms with Gasteiger partial charge >= 0.3 is 0 Å². The first-order valence-electron chi connectivity index (χ1n) is 6.26. The van der Waals surface area contributed by atoms with E-state index < -0.39 is 0 Å². The molecule has 0 saturated heterocycles. The highest BCUT2D eigenvalue weighted by atomic mass is 16.5. The van der Waals surface area contributed by atoms with Crippen LogP contribution in [0.2, 0.25) is 0 Å². The number of hydrogen-bond acceptors (Lipinski definition) is 2. The molecule has 0 spiro atoms. The van der Waals surface area contributed by atoms with Gasteiger partial charge in [0, 0.05) is 5.56 Å². The van der Waals surface area contributed by atoms with Gasteiger partial charge in [0.15, 0.2) is 5.78 Å². The first kappa shape index (κ1) is 12.3. The average molecular weight is 232 g/mol. The molecule has 92 valence electrons. The molecular weight excluding hydrogens is 212 g/mol. The smallest absolute Gasteiger partial charge is 0.188 e.